The molecular weight excluding hydrogens is 436 g/mol. The first-order valence-electron chi connectivity index (χ1n) is 14.4. The van der Waals surface area contributed by atoms with E-state index in [1.54, 1.807) is 13.8 Å². The number of fused-ring (bicyclic) bond motifs is 1. The highest BCUT2D eigenvalue weighted by atomic mass is 16.3. The van der Waals surface area contributed by atoms with Crippen LogP contribution in [0.15, 0.2) is 15.3 Å². The predicted octanol–water partition coefficient (Wildman–Crippen LogP) is 9.41. The van der Waals surface area contributed by atoms with Crippen molar-refractivity contribution >= 4 is 11.0 Å². The third kappa shape index (κ3) is 9.89. The number of phenols is 2. The van der Waals surface area contributed by atoms with Crippen molar-refractivity contribution in [1.82, 2.24) is 0 Å². The molecule has 0 spiro atoms. The molecule has 2 N–H and O–H groups in total. The molecule has 0 saturated heterocycles. The molecule has 1 aromatic carbocycles. The average molecular weight is 487 g/mol. The molecule has 0 aliphatic heterocycles. The first kappa shape index (κ1) is 29.3. The molecule has 0 radical (unpaired) electrons. The number of aryl methyl sites for hydroxylation is 2. The molecule has 4 heteroatoms. The second kappa shape index (κ2) is 16.7. The molecule has 1 heterocycles. The van der Waals surface area contributed by atoms with Gasteiger partial charge < -0.3 is 14.6 Å². The summed E-state index contributed by atoms with van der Waals surface area (Å²) in [5, 5.41) is 20.6. The van der Waals surface area contributed by atoms with E-state index < -0.39 is 0 Å². The van der Waals surface area contributed by atoms with Gasteiger partial charge >= 0.3 is 0 Å². The van der Waals surface area contributed by atoms with Gasteiger partial charge in [0.2, 0.25) is 0 Å². The van der Waals surface area contributed by atoms with Crippen LogP contribution in [-0.4, -0.2) is 10.2 Å². The SMILES string of the molecule is CCCCCCCCCCCCCCCCCCCCc1cc(=O)c2c(O)c(C)c(O)c(C)c2o1. The highest BCUT2D eigenvalue weighted by Gasteiger charge is 2.18. The van der Waals surface area contributed by atoms with Gasteiger partial charge in [-0.1, -0.05) is 116 Å². The van der Waals surface area contributed by atoms with E-state index in [0.717, 1.165) is 12.8 Å². The monoisotopic (exact) mass is 486 g/mol. The molecule has 35 heavy (non-hydrogen) atoms. The maximum Gasteiger partial charge on any atom is 0.196 e. The van der Waals surface area contributed by atoms with Crippen LogP contribution in [0.3, 0.4) is 0 Å². The number of hydrogen-bond donors (Lipinski definition) is 2. The fraction of sp³-hybridized carbons (Fsp3) is 0.710. The van der Waals surface area contributed by atoms with E-state index in [0.29, 0.717) is 28.9 Å². The quantitative estimate of drug-likeness (QED) is 0.194. The zero-order chi connectivity index (χ0) is 25.5. The van der Waals surface area contributed by atoms with Gasteiger partial charge in [0.05, 0.1) is 0 Å². The molecule has 2 rings (SSSR count). The third-order valence-corrected chi connectivity index (χ3v) is 7.42. The van der Waals surface area contributed by atoms with Gasteiger partial charge in [0.1, 0.15) is 28.2 Å². The molecule has 0 bridgehead atoms. The summed E-state index contributed by atoms with van der Waals surface area (Å²) in [7, 11) is 0. The molecule has 0 fully saturated rings. The van der Waals surface area contributed by atoms with Crippen LogP contribution in [0.5, 0.6) is 11.5 Å². The van der Waals surface area contributed by atoms with Crippen LogP contribution in [0, 0.1) is 13.8 Å². The first-order chi connectivity index (χ1) is 17.0. The van der Waals surface area contributed by atoms with Gasteiger partial charge in [-0.05, 0) is 20.3 Å². The van der Waals surface area contributed by atoms with E-state index in [-0.39, 0.29) is 22.3 Å². The Morgan fingerprint density at radius 3 is 1.51 bits per heavy atom. The molecule has 1 aromatic heterocycles. The van der Waals surface area contributed by atoms with Crippen LogP contribution in [0.2, 0.25) is 0 Å². The van der Waals surface area contributed by atoms with E-state index in [1.807, 2.05) is 0 Å². The first-order valence-corrected chi connectivity index (χ1v) is 14.4. The Morgan fingerprint density at radius 2 is 1.06 bits per heavy atom. The number of benzene rings is 1. The minimum absolute atomic E-state index is 0.0107. The minimum Gasteiger partial charge on any atom is -0.507 e. The summed E-state index contributed by atoms with van der Waals surface area (Å²) < 4.78 is 5.90. The van der Waals surface area contributed by atoms with Crippen molar-refractivity contribution in [3.8, 4) is 11.5 Å². The molecule has 0 amide bonds. The Bertz CT molecular complexity index is 928. The largest absolute Gasteiger partial charge is 0.507 e. The third-order valence-electron chi connectivity index (χ3n) is 7.42. The summed E-state index contributed by atoms with van der Waals surface area (Å²) >= 11 is 0. The maximum atomic E-state index is 12.5. The zero-order valence-corrected chi connectivity index (χ0v) is 22.7. The van der Waals surface area contributed by atoms with Crippen molar-refractivity contribution in [2.24, 2.45) is 0 Å². The normalized spacial score (nSPS) is 11.5. The molecule has 198 valence electrons. The van der Waals surface area contributed by atoms with Gasteiger partial charge in [-0.15, -0.1) is 0 Å². The van der Waals surface area contributed by atoms with Gasteiger partial charge in [0.15, 0.2) is 5.43 Å². The second-order valence-corrected chi connectivity index (χ2v) is 10.5. The highest BCUT2D eigenvalue weighted by Crippen LogP contribution is 2.37. The zero-order valence-electron chi connectivity index (χ0n) is 22.7. The van der Waals surface area contributed by atoms with Crippen LogP contribution in [0.1, 0.15) is 139 Å². The van der Waals surface area contributed by atoms with Crippen molar-refractivity contribution in [2.45, 2.75) is 143 Å². The molecule has 4 nitrogen and oxygen atoms in total. The van der Waals surface area contributed by atoms with E-state index in [2.05, 4.69) is 6.92 Å². The summed E-state index contributed by atoms with van der Waals surface area (Å²) in [6.07, 6.45) is 24.9. The molecule has 0 atom stereocenters. The number of phenolic OH excluding ortho intramolecular Hbond substituents is 2. The summed E-state index contributed by atoms with van der Waals surface area (Å²) in [4.78, 5) is 12.5. The minimum atomic E-state index is -0.243. The lowest BCUT2D eigenvalue weighted by Gasteiger charge is -2.11. The van der Waals surface area contributed by atoms with Crippen LogP contribution < -0.4 is 5.43 Å². The average Bonchev–Trinajstić information content (AvgIpc) is 2.85. The predicted molar refractivity (Wildman–Crippen MR) is 148 cm³/mol. The number of unbranched alkanes of at least 4 members (excludes halogenated alkanes) is 17. The van der Waals surface area contributed by atoms with Gasteiger partial charge in [-0.2, -0.15) is 0 Å². The molecule has 0 saturated carbocycles. The molecular formula is C31H50O4. The van der Waals surface area contributed by atoms with Crippen LogP contribution >= 0.6 is 0 Å². The molecule has 0 unspecified atom stereocenters. The number of hydrogen-bond acceptors (Lipinski definition) is 4. The summed E-state index contributed by atoms with van der Waals surface area (Å²) in [5.41, 5.74) is 0.883. The van der Waals surface area contributed by atoms with Crippen molar-refractivity contribution in [2.75, 3.05) is 0 Å². The van der Waals surface area contributed by atoms with Gasteiger partial charge in [0.25, 0.3) is 0 Å². The van der Waals surface area contributed by atoms with E-state index in [9.17, 15) is 15.0 Å². The topological polar surface area (TPSA) is 70.7 Å². The van der Waals surface area contributed by atoms with E-state index in [4.69, 9.17) is 4.42 Å². The summed E-state index contributed by atoms with van der Waals surface area (Å²) in [6.45, 7) is 5.59. The van der Waals surface area contributed by atoms with Gasteiger partial charge in [0, 0.05) is 23.6 Å². The Morgan fingerprint density at radius 1 is 0.629 bits per heavy atom. The van der Waals surface area contributed by atoms with Crippen LogP contribution in [-0.2, 0) is 6.42 Å². The highest BCUT2D eigenvalue weighted by molar-refractivity contribution is 5.89. The Kier molecular flexibility index (Phi) is 13.9. The lowest BCUT2D eigenvalue weighted by molar-refractivity contribution is 0.439. The van der Waals surface area contributed by atoms with Crippen molar-refractivity contribution in [3.63, 3.8) is 0 Å². The van der Waals surface area contributed by atoms with Crippen LogP contribution in [0.4, 0.5) is 0 Å². The fourth-order valence-electron chi connectivity index (χ4n) is 5.04. The van der Waals surface area contributed by atoms with E-state index in [1.165, 1.54) is 109 Å². The van der Waals surface area contributed by atoms with Crippen LogP contribution in [0.25, 0.3) is 11.0 Å². The smallest absolute Gasteiger partial charge is 0.196 e. The Labute approximate surface area is 213 Å². The van der Waals surface area contributed by atoms with Crippen molar-refractivity contribution < 1.29 is 14.6 Å². The molecule has 2 aromatic rings. The van der Waals surface area contributed by atoms with Gasteiger partial charge in [-0.3, -0.25) is 4.79 Å². The lowest BCUT2D eigenvalue weighted by atomic mass is 10.0. The maximum absolute atomic E-state index is 12.5. The molecule has 0 aliphatic carbocycles. The molecule has 0 aliphatic rings. The van der Waals surface area contributed by atoms with Crippen molar-refractivity contribution in [1.29, 1.82) is 0 Å². The standard InChI is InChI=1S/C31H50O4/c1-4-5-6-7-8-9-10-11-12-13-14-15-16-17-18-19-20-21-22-26-23-27(32)28-30(34)24(2)29(33)25(3)31(28)35-26/h23,33-34H,4-22H2,1-3H3. The summed E-state index contributed by atoms with van der Waals surface area (Å²) in [5.74, 6) is 0.435. The fourth-order valence-corrected chi connectivity index (χ4v) is 5.04. The Balaban J connectivity index is 1.50. The lowest BCUT2D eigenvalue weighted by Crippen LogP contribution is -2.04. The Hall–Kier alpha value is -1.97. The van der Waals surface area contributed by atoms with E-state index >= 15 is 0 Å². The second-order valence-electron chi connectivity index (χ2n) is 10.5. The number of aromatic hydroxyl groups is 2. The van der Waals surface area contributed by atoms with Gasteiger partial charge in [-0.25, -0.2) is 0 Å². The number of rotatable bonds is 19. The van der Waals surface area contributed by atoms with Crippen molar-refractivity contribution in [3.05, 3.63) is 33.2 Å². The summed E-state index contributed by atoms with van der Waals surface area (Å²) in [6, 6.07) is 1.49.